The second kappa shape index (κ2) is 6.87. The zero-order valence-electron chi connectivity index (χ0n) is 14.9. The second-order valence-corrected chi connectivity index (χ2v) is 8.01. The maximum Gasteiger partial charge on any atom is 0.225 e. The highest BCUT2D eigenvalue weighted by molar-refractivity contribution is 5.80. The van der Waals surface area contributed by atoms with E-state index in [1.165, 1.54) is 50.8 Å². The van der Waals surface area contributed by atoms with Gasteiger partial charge in [-0.2, -0.15) is 0 Å². The van der Waals surface area contributed by atoms with E-state index in [1.54, 1.807) is 0 Å². The lowest BCUT2D eigenvalue weighted by molar-refractivity contribution is -0.131. The van der Waals surface area contributed by atoms with E-state index in [0.717, 1.165) is 18.8 Å². The Morgan fingerprint density at radius 2 is 1.79 bits per heavy atom. The van der Waals surface area contributed by atoms with Gasteiger partial charge in [0.25, 0.3) is 0 Å². The number of benzene rings is 1. The Morgan fingerprint density at radius 1 is 1.04 bits per heavy atom. The lowest BCUT2D eigenvalue weighted by Gasteiger charge is -2.32. The number of amides is 1. The first-order valence-electron chi connectivity index (χ1n) is 9.84. The van der Waals surface area contributed by atoms with Crippen LogP contribution >= 0.6 is 0 Å². The van der Waals surface area contributed by atoms with E-state index in [2.05, 4.69) is 41.0 Å². The van der Waals surface area contributed by atoms with Crippen LogP contribution in [0, 0.1) is 5.92 Å². The molecule has 3 fully saturated rings. The van der Waals surface area contributed by atoms with Crippen LogP contribution in [0.5, 0.6) is 0 Å². The van der Waals surface area contributed by atoms with Gasteiger partial charge in [0.15, 0.2) is 0 Å². The van der Waals surface area contributed by atoms with Gasteiger partial charge in [0.05, 0.1) is 6.04 Å². The molecule has 2 saturated heterocycles. The summed E-state index contributed by atoms with van der Waals surface area (Å²) in [5, 5.41) is 0. The molecule has 1 aromatic carbocycles. The Morgan fingerprint density at radius 3 is 2.54 bits per heavy atom. The molecule has 3 nitrogen and oxygen atoms in total. The number of carbonyl (C=O) groups is 1. The van der Waals surface area contributed by atoms with Crippen LogP contribution in [0.3, 0.4) is 0 Å². The molecule has 1 aromatic rings. The van der Waals surface area contributed by atoms with Crippen molar-refractivity contribution in [3.63, 3.8) is 0 Å². The fourth-order valence-electron chi connectivity index (χ4n) is 5.28. The minimum Gasteiger partial charge on any atom is -0.331 e. The molecule has 0 unspecified atom stereocenters. The van der Waals surface area contributed by atoms with Gasteiger partial charge in [0, 0.05) is 31.6 Å². The zero-order valence-corrected chi connectivity index (χ0v) is 14.9. The summed E-state index contributed by atoms with van der Waals surface area (Å²) in [6.07, 6.45) is 8.90. The average molecular weight is 326 g/mol. The van der Waals surface area contributed by atoms with Gasteiger partial charge in [-0.1, -0.05) is 49.6 Å². The Labute approximate surface area is 146 Å². The molecule has 3 aliphatic rings. The summed E-state index contributed by atoms with van der Waals surface area (Å²) >= 11 is 0. The molecular weight excluding hydrogens is 296 g/mol. The smallest absolute Gasteiger partial charge is 0.225 e. The van der Waals surface area contributed by atoms with Gasteiger partial charge < -0.3 is 4.90 Å². The predicted molar refractivity (Wildman–Crippen MR) is 96.7 cm³/mol. The molecule has 3 heteroatoms. The highest BCUT2D eigenvalue weighted by atomic mass is 16.2. The predicted octanol–water partition coefficient (Wildman–Crippen LogP) is 4.00. The number of fused-ring (bicyclic) bond motifs is 1. The lowest BCUT2D eigenvalue weighted by atomic mass is 9.89. The topological polar surface area (TPSA) is 23.6 Å². The molecule has 0 aromatic heterocycles. The van der Waals surface area contributed by atoms with Crippen molar-refractivity contribution in [2.75, 3.05) is 13.1 Å². The van der Waals surface area contributed by atoms with Crippen molar-refractivity contribution in [3.8, 4) is 0 Å². The molecule has 4 rings (SSSR count). The molecule has 0 radical (unpaired) electrons. The molecule has 3 atom stereocenters. The number of likely N-dealkylation sites (tertiary alicyclic amines) is 2. The molecule has 24 heavy (non-hydrogen) atoms. The summed E-state index contributed by atoms with van der Waals surface area (Å²) < 4.78 is 0. The summed E-state index contributed by atoms with van der Waals surface area (Å²) in [7, 11) is 0. The molecule has 1 saturated carbocycles. The van der Waals surface area contributed by atoms with E-state index >= 15 is 0 Å². The first kappa shape index (κ1) is 16.1. The molecule has 2 heterocycles. The quantitative estimate of drug-likeness (QED) is 0.835. The Hall–Kier alpha value is -1.35. The highest BCUT2D eigenvalue weighted by Gasteiger charge is 2.48. The summed E-state index contributed by atoms with van der Waals surface area (Å²) in [5.74, 6) is 1.22. The second-order valence-electron chi connectivity index (χ2n) is 8.01. The van der Waals surface area contributed by atoms with E-state index < -0.39 is 0 Å². The third kappa shape index (κ3) is 2.99. The molecule has 130 valence electrons. The molecule has 1 aliphatic carbocycles. The Balaban J connectivity index is 1.45. The van der Waals surface area contributed by atoms with Crippen molar-refractivity contribution in [2.24, 2.45) is 5.92 Å². The standard InChI is InChI=1S/C21H30N2O/c1-16(18-10-6-3-7-11-18)23-19-12-13-22(20(19)14-21(23)24)15-17-8-4-2-5-9-17/h3,6-7,10-11,16-17,19-20H,2,4-5,8-9,12-15H2,1H3/t16-,19+,20+/m1/s1. The number of nitrogens with zero attached hydrogens (tertiary/aromatic N) is 2. The van der Waals surface area contributed by atoms with Gasteiger partial charge in [-0.05, 0) is 37.7 Å². The minimum atomic E-state index is 0.198. The third-order valence-corrected chi connectivity index (χ3v) is 6.57. The van der Waals surface area contributed by atoms with Gasteiger partial charge in [0.2, 0.25) is 5.91 Å². The first-order chi connectivity index (χ1) is 11.7. The average Bonchev–Trinajstić information content (AvgIpc) is 3.14. The van der Waals surface area contributed by atoms with E-state index in [9.17, 15) is 4.79 Å². The van der Waals surface area contributed by atoms with Crippen LogP contribution in [-0.4, -0.2) is 40.9 Å². The SMILES string of the molecule is C[C@H](c1ccccc1)N1C(=O)C[C@H]2[C@@H]1CCN2CC1CCCCC1. The first-order valence-corrected chi connectivity index (χ1v) is 9.84. The fraction of sp³-hybridized carbons (Fsp3) is 0.667. The zero-order chi connectivity index (χ0) is 16.5. The Bertz CT molecular complexity index is 566. The molecule has 1 amide bonds. The van der Waals surface area contributed by atoms with Gasteiger partial charge in [-0.15, -0.1) is 0 Å². The monoisotopic (exact) mass is 326 g/mol. The van der Waals surface area contributed by atoms with Crippen LogP contribution in [-0.2, 0) is 4.79 Å². The minimum absolute atomic E-state index is 0.198. The van der Waals surface area contributed by atoms with Crippen molar-refractivity contribution in [1.82, 2.24) is 9.80 Å². The van der Waals surface area contributed by atoms with Gasteiger partial charge in [0.1, 0.15) is 0 Å². The summed E-state index contributed by atoms with van der Waals surface area (Å²) in [6, 6.07) is 11.6. The molecule has 0 N–H and O–H groups in total. The van der Waals surface area contributed by atoms with Crippen LogP contribution in [0.25, 0.3) is 0 Å². The van der Waals surface area contributed by atoms with Crippen LogP contribution in [0.2, 0.25) is 0 Å². The maximum atomic E-state index is 12.7. The van der Waals surface area contributed by atoms with Crippen molar-refractivity contribution >= 4 is 5.91 Å². The summed E-state index contributed by atoms with van der Waals surface area (Å²) in [6.45, 7) is 4.60. The Kier molecular flexibility index (Phi) is 4.62. The summed E-state index contributed by atoms with van der Waals surface area (Å²) in [4.78, 5) is 17.6. The molecular formula is C21H30N2O. The normalized spacial score (nSPS) is 29.9. The van der Waals surface area contributed by atoms with Gasteiger partial charge >= 0.3 is 0 Å². The van der Waals surface area contributed by atoms with Crippen molar-refractivity contribution in [3.05, 3.63) is 35.9 Å². The van der Waals surface area contributed by atoms with Gasteiger partial charge in [-0.25, -0.2) is 0 Å². The number of rotatable bonds is 4. The summed E-state index contributed by atoms with van der Waals surface area (Å²) in [5.41, 5.74) is 1.26. The van der Waals surface area contributed by atoms with Crippen LogP contribution in [0.4, 0.5) is 0 Å². The highest BCUT2D eigenvalue weighted by Crippen LogP contribution is 2.39. The fourth-order valence-corrected chi connectivity index (χ4v) is 5.28. The largest absolute Gasteiger partial charge is 0.331 e. The van der Waals surface area contributed by atoms with Crippen molar-refractivity contribution in [2.45, 2.75) is 70.0 Å². The van der Waals surface area contributed by atoms with E-state index in [0.29, 0.717) is 18.0 Å². The lowest BCUT2D eigenvalue weighted by Crippen LogP contribution is -2.40. The molecule has 0 spiro atoms. The van der Waals surface area contributed by atoms with Crippen LogP contribution in [0.15, 0.2) is 30.3 Å². The number of hydrogen-bond acceptors (Lipinski definition) is 2. The van der Waals surface area contributed by atoms with Gasteiger partial charge in [-0.3, -0.25) is 9.69 Å². The van der Waals surface area contributed by atoms with Crippen molar-refractivity contribution < 1.29 is 4.79 Å². The maximum absolute atomic E-state index is 12.7. The number of carbonyl (C=O) groups excluding carboxylic acids is 1. The van der Waals surface area contributed by atoms with Crippen LogP contribution in [0.1, 0.15) is 63.5 Å². The molecule has 2 aliphatic heterocycles. The van der Waals surface area contributed by atoms with Crippen LogP contribution < -0.4 is 0 Å². The van der Waals surface area contributed by atoms with E-state index in [1.807, 2.05) is 6.07 Å². The van der Waals surface area contributed by atoms with E-state index in [4.69, 9.17) is 0 Å². The van der Waals surface area contributed by atoms with Crippen molar-refractivity contribution in [1.29, 1.82) is 0 Å². The van der Waals surface area contributed by atoms with E-state index in [-0.39, 0.29) is 6.04 Å². The third-order valence-electron chi connectivity index (χ3n) is 6.57. The number of hydrogen-bond donors (Lipinski definition) is 0. The molecule has 0 bridgehead atoms.